The average Bonchev–Trinajstić information content (AvgIpc) is 3.44. The van der Waals surface area contributed by atoms with Crippen molar-refractivity contribution in [1.29, 1.82) is 0 Å². The fourth-order valence-corrected chi connectivity index (χ4v) is 3.75. The minimum atomic E-state index is -0.0932. The fourth-order valence-electron chi connectivity index (χ4n) is 3.75. The van der Waals surface area contributed by atoms with E-state index < -0.39 is 0 Å². The summed E-state index contributed by atoms with van der Waals surface area (Å²) in [7, 11) is 0. The summed E-state index contributed by atoms with van der Waals surface area (Å²) >= 11 is 0. The smallest absolute Gasteiger partial charge is 0.232 e. The number of fused-ring (bicyclic) bond motifs is 1. The molecule has 1 saturated heterocycles. The first-order chi connectivity index (χ1) is 14.1. The maximum atomic E-state index is 12.5. The molecule has 7 heteroatoms. The molecule has 1 fully saturated rings. The van der Waals surface area contributed by atoms with Crippen molar-refractivity contribution in [1.82, 2.24) is 15.0 Å². The molecular formula is C22H21N3O4. The lowest BCUT2D eigenvalue weighted by Gasteiger charge is -2.16. The van der Waals surface area contributed by atoms with Crippen LogP contribution in [-0.4, -0.2) is 34.3 Å². The Labute approximate surface area is 168 Å². The predicted octanol–water partition coefficient (Wildman–Crippen LogP) is 3.60. The lowest BCUT2D eigenvalue weighted by atomic mass is 10.1. The Hall–Kier alpha value is -3.35. The quantitative estimate of drug-likeness (QED) is 0.676. The summed E-state index contributed by atoms with van der Waals surface area (Å²) in [4.78, 5) is 18.9. The predicted molar refractivity (Wildman–Crippen MR) is 105 cm³/mol. The summed E-state index contributed by atoms with van der Waals surface area (Å²) in [5.74, 6) is 2.53. The van der Waals surface area contributed by atoms with Crippen LogP contribution in [0.3, 0.4) is 0 Å². The average molecular weight is 391 g/mol. The van der Waals surface area contributed by atoms with Gasteiger partial charge in [-0.2, -0.15) is 4.98 Å². The van der Waals surface area contributed by atoms with Gasteiger partial charge >= 0.3 is 0 Å². The second-order valence-electron chi connectivity index (χ2n) is 7.62. The van der Waals surface area contributed by atoms with Crippen molar-refractivity contribution in [3.8, 4) is 22.9 Å². The number of aromatic nitrogens is 2. The Morgan fingerprint density at radius 3 is 2.79 bits per heavy atom. The lowest BCUT2D eigenvalue weighted by molar-refractivity contribution is -0.128. The summed E-state index contributed by atoms with van der Waals surface area (Å²) in [6.45, 7) is 5.44. The van der Waals surface area contributed by atoms with Crippen LogP contribution >= 0.6 is 0 Å². The lowest BCUT2D eigenvalue weighted by Crippen LogP contribution is -2.24. The number of nitrogens with zero attached hydrogens (tertiary/aromatic N) is 3. The summed E-state index contributed by atoms with van der Waals surface area (Å²) in [5, 5.41) is 4.13. The van der Waals surface area contributed by atoms with Crippen molar-refractivity contribution in [3.63, 3.8) is 0 Å². The van der Waals surface area contributed by atoms with Crippen LogP contribution in [0.4, 0.5) is 0 Å². The number of ether oxygens (including phenoxy) is 2. The molecule has 0 saturated carbocycles. The molecule has 1 unspecified atom stereocenters. The van der Waals surface area contributed by atoms with Gasteiger partial charge in [0.2, 0.25) is 24.4 Å². The van der Waals surface area contributed by atoms with Gasteiger partial charge in [-0.1, -0.05) is 23.4 Å². The third-order valence-electron chi connectivity index (χ3n) is 5.58. The SMILES string of the molecule is Cc1ccc(-c2noc(C3CC(=O)N(Cc4ccc5c(c4)OCO5)C3)n2)cc1C. The van der Waals surface area contributed by atoms with Crippen LogP contribution in [0.15, 0.2) is 40.9 Å². The van der Waals surface area contributed by atoms with Gasteiger partial charge in [-0.25, -0.2) is 0 Å². The van der Waals surface area contributed by atoms with Crippen molar-refractivity contribution in [3.05, 3.63) is 59.0 Å². The minimum Gasteiger partial charge on any atom is -0.454 e. The number of carbonyl (C=O) groups is 1. The normalized spacial score (nSPS) is 17.9. The number of likely N-dealkylation sites (tertiary alicyclic amines) is 1. The van der Waals surface area contributed by atoms with Gasteiger partial charge in [0.1, 0.15) is 0 Å². The van der Waals surface area contributed by atoms with Gasteiger partial charge in [-0.15, -0.1) is 0 Å². The van der Waals surface area contributed by atoms with E-state index in [-0.39, 0.29) is 18.6 Å². The van der Waals surface area contributed by atoms with E-state index in [2.05, 4.69) is 30.1 Å². The zero-order chi connectivity index (χ0) is 20.0. The van der Waals surface area contributed by atoms with Crippen molar-refractivity contribution in [2.45, 2.75) is 32.7 Å². The molecule has 0 N–H and O–H groups in total. The van der Waals surface area contributed by atoms with Crippen molar-refractivity contribution >= 4 is 5.91 Å². The zero-order valence-corrected chi connectivity index (χ0v) is 16.3. The van der Waals surface area contributed by atoms with Crippen LogP contribution < -0.4 is 9.47 Å². The van der Waals surface area contributed by atoms with Crippen LogP contribution in [0.5, 0.6) is 11.5 Å². The number of carbonyl (C=O) groups excluding carboxylic acids is 1. The van der Waals surface area contributed by atoms with Gasteiger partial charge < -0.3 is 18.9 Å². The van der Waals surface area contributed by atoms with Gasteiger partial charge in [-0.05, 0) is 48.7 Å². The van der Waals surface area contributed by atoms with Gasteiger partial charge in [0.25, 0.3) is 0 Å². The number of aryl methyl sites for hydroxylation is 2. The van der Waals surface area contributed by atoms with Crippen LogP contribution in [-0.2, 0) is 11.3 Å². The molecule has 0 bridgehead atoms. The number of amides is 1. The Morgan fingerprint density at radius 1 is 1.07 bits per heavy atom. The molecule has 29 heavy (non-hydrogen) atoms. The third-order valence-corrected chi connectivity index (χ3v) is 5.58. The summed E-state index contributed by atoms with van der Waals surface area (Å²) in [5.41, 5.74) is 4.33. The van der Waals surface area contributed by atoms with Crippen LogP contribution in [0.1, 0.15) is 34.9 Å². The Morgan fingerprint density at radius 2 is 1.93 bits per heavy atom. The van der Waals surface area contributed by atoms with E-state index in [1.807, 2.05) is 35.2 Å². The molecule has 1 aromatic heterocycles. The monoisotopic (exact) mass is 391 g/mol. The highest BCUT2D eigenvalue weighted by atomic mass is 16.7. The van der Waals surface area contributed by atoms with E-state index in [1.165, 1.54) is 11.1 Å². The van der Waals surface area contributed by atoms with Gasteiger partial charge in [0.15, 0.2) is 11.5 Å². The van der Waals surface area contributed by atoms with Gasteiger partial charge in [0, 0.05) is 25.1 Å². The molecule has 1 amide bonds. The van der Waals surface area contributed by atoms with Crippen LogP contribution in [0.2, 0.25) is 0 Å². The molecule has 148 valence electrons. The van der Waals surface area contributed by atoms with E-state index in [1.54, 1.807) is 0 Å². The highest BCUT2D eigenvalue weighted by Gasteiger charge is 2.34. The highest BCUT2D eigenvalue weighted by molar-refractivity contribution is 5.79. The molecule has 0 aliphatic carbocycles. The van der Waals surface area contributed by atoms with Crippen molar-refractivity contribution < 1.29 is 18.8 Å². The summed E-state index contributed by atoms with van der Waals surface area (Å²) < 4.78 is 16.3. The molecule has 5 rings (SSSR count). The maximum absolute atomic E-state index is 12.5. The zero-order valence-electron chi connectivity index (χ0n) is 16.3. The summed E-state index contributed by atoms with van der Waals surface area (Å²) in [6.07, 6.45) is 0.374. The maximum Gasteiger partial charge on any atom is 0.232 e. The van der Waals surface area contributed by atoms with Crippen LogP contribution in [0, 0.1) is 13.8 Å². The standard InChI is InChI=1S/C22H21N3O4/c1-13-3-5-16(7-14(13)2)21-23-22(29-24-21)17-9-20(26)25(11-17)10-15-4-6-18-19(8-15)28-12-27-18/h3-8,17H,9-12H2,1-2H3. The Kier molecular flexibility index (Phi) is 4.23. The number of rotatable bonds is 4. The first kappa shape index (κ1) is 17.7. The molecule has 3 aromatic rings. The minimum absolute atomic E-state index is 0.0820. The van der Waals surface area contributed by atoms with E-state index in [0.29, 0.717) is 31.2 Å². The number of hydrogen-bond donors (Lipinski definition) is 0. The van der Waals surface area contributed by atoms with Gasteiger partial charge in [-0.3, -0.25) is 4.79 Å². The number of hydrogen-bond acceptors (Lipinski definition) is 6. The van der Waals surface area contributed by atoms with Gasteiger partial charge in [0.05, 0.1) is 5.92 Å². The fraction of sp³-hybridized carbons (Fsp3) is 0.318. The molecule has 0 spiro atoms. The third kappa shape index (κ3) is 3.33. The molecule has 2 aliphatic rings. The van der Waals surface area contributed by atoms with E-state index in [9.17, 15) is 4.79 Å². The molecule has 0 radical (unpaired) electrons. The highest BCUT2D eigenvalue weighted by Crippen LogP contribution is 2.34. The van der Waals surface area contributed by atoms with E-state index in [4.69, 9.17) is 14.0 Å². The van der Waals surface area contributed by atoms with Crippen molar-refractivity contribution in [2.75, 3.05) is 13.3 Å². The second-order valence-corrected chi connectivity index (χ2v) is 7.62. The van der Waals surface area contributed by atoms with Crippen molar-refractivity contribution in [2.24, 2.45) is 0 Å². The number of benzene rings is 2. The summed E-state index contributed by atoms with van der Waals surface area (Å²) in [6, 6.07) is 11.8. The largest absolute Gasteiger partial charge is 0.454 e. The molecule has 2 aliphatic heterocycles. The molecular weight excluding hydrogens is 370 g/mol. The molecule has 2 aromatic carbocycles. The Balaban J connectivity index is 1.30. The van der Waals surface area contributed by atoms with Crippen LogP contribution in [0.25, 0.3) is 11.4 Å². The first-order valence-corrected chi connectivity index (χ1v) is 9.64. The second kappa shape index (κ2) is 6.92. The Bertz CT molecular complexity index is 1090. The molecule has 1 atom stereocenters. The molecule has 7 nitrogen and oxygen atoms in total. The van der Waals surface area contributed by atoms with E-state index in [0.717, 1.165) is 22.6 Å². The van der Waals surface area contributed by atoms with E-state index >= 15 is 0 Å². The molecule has 3 heterocycles. The topological polar surface area (TPSA) is 77.7 Å². The first-order valence-electron chi connectivity index (χ1n) is 9.64.